The molecule has 0 radical (unpaired) electrons. The summed E-state index contributed by atoms with van der Waals surface area (Å²) in [5, 5.41) is 2.88. The molecule has 1 rings (SSSR count). The Labute approximate surface area is 122 Å². The molecule has 1 aliphatic heterocycles. The number of nitrogens with zero attached hydrogens (tertiary/aromatic N) is 1. The molecule has 0 aromatic rings. The number of amides is 2. The molecule has 3 unspecified atom stereocenters. The second kappa shape index (κ2) is 6.57. The summed E-state index contributed by atoms with van der Waals surface area (Å²) in [7, 11) is 1.63. The average molecular weight is 284 g/mol. The molecule has 116 valence electrons. The van der Waals surface area contributed by atoms with Gasteiger partial charge in [0.1, 0.15) is 12.1 Å². The van der Waals surface area contributed by atoms with E-state index in [9.17, 15) is 9.59 Å². The van der Waals surface area contributed by atoms with Crippen molar-refractivity contribution in [2.45, 2.75) is 65.1 Å². The summed E-state index contributed by atoms with van der Waals surface area (Å²) in [6.07, 6.45) is 1.47. The van der Waals surface area contributed by atoms with E-state index in [1.807, 2.05) is 34.6 Å². The standard InChI is InChI=1S/C15H28N2O3/c1-7-10(3)12-14(19)17(9-15(4,5)20-6)11(8-2)13(18)16-12/h10-12H,7-9H2,1-6H3,(H,16,18). The topological polar surface area (TPSA) is 58.6 Å². The Hall–Kier alpha value is -1.10. The van der Waals surface area contributed by atoms with Crippen LogP contribution in [0.15, 0.2) is 0 Å². The quantitative estimate of drug-likeness (QED) is 0.805. The molecule has 0 bridgehead atoms. The summed E-state index contributed by atoms with van der Waals surface area (Å²) < 4.78 is 5.41. The van der Waals surface area contributed by atoms with Crippen molar-refractivity contribution >= 4 is 11.8 Å². The number of rotatable bonds is 6. The molecule has 0 aliphatic carbocycles. The summed E-state index contributed by atoms with van der Waals surface area (Å²) in [6.45, 7) is 10.2. The molecule has 1 saturated heterocycles. The van der Waals surface area contributed by atoms with Crippen LogP contribution in [0.3, 0.4) is 0 Å². The SMILES string of the molecule is CCC(C)C1NC(=O)C(CC)N(CC(C)(C)OC)C1=O. The third kappa shape index (κ3) is 3.51. The van der Waals surface area contributed by atoms with Gasteiger partial charge in [-0.25, -0.2) is 0 Å². The number of piperazine rings is 1. The largest absolute Gasteiger partial charge is 0.377 e. The van der Waals surface area contributed by atoms with Crippen LogP contribution >= 0.6 is 0 Å². The number of hydrogen-bond acceptors (Lipinski definition) is 3. The lowest BCUT2D eigenvalue weighted by atomic mass is 9.92. The highest BCUT2D eigenvalue weighted by molar-refractivity contribution is 5.97. The number of carbonyl (C=O) groups excluding carboxylic acids is 2. The van der Waals surface area contributed by atoms with Crippen molar-refractivity contribution in [1.82, 2.24) is 10.2 Å². The van der Waals surface area contributed by atoms with Gasteiger partial charge in [0.15, 0.2) is 0 Å². The van der Waals surface area contributed by atoms with Gasteiger partial charge < -0.3 is 15.0 Å². The summed E-state index contributed by atoms with van der Waals surface area (Å²) >= 11 is 0. The number of methoxy groups -OCH3 is 1. The van der Waals surface area contributed by atoms with Crippen LogP contribution in [-0.2, 0) is 14.3 Å². The minimum Gasteiger partial charge on any atom is -0.377 e. The van der Waals surface area contributed by atoms with Crippen molar-refractivity contribution in [3.8, 4) is 0 Å². The molecule has 1 N–H and O–H groups in total. The summed E-state index contributed by atoms with van der Waals surface area (Å²) in [6, 6.07) is -0.805. The molecule has 2 amide bonds. The van der Waals surface area contributed by atoms with Crippen LogP contribution in [0.4, 0.5) is 0 Å². The predicted octanol–water partition coefficient (Wildman–Crippen LogP) is 1.56. The molecule has 1 fully saturated rings. The summed E-state index contributed by atoms with van der Waals surface area (Å²) in [4.78, 5) is 26.6. The Bertz CT molecular complexity index is 368. The van der Waals surface area contributed by atoms with Crippen LogP contribution in [0.1, 0.15) is 47.5 Å². The molecule has 20 heavy (non-hydrogen) atoms. The highest BCUT2D eigenvalue weighted by Crippen LogP contribution is 2.22. The van der Waals surface area contributed by atoms with Gasteiger partial charge in [-0.05, 0) is 26.2 Å². The molecular weight excluding hydrogens is 256 g/mol. The van der Waals surface area contributed by atoms with E-state index in [0.717, 1.165) is 6.42 Å². The van der Waals surface area contributed by atoms with E-state index < -0.39 is 17.7 Å². The van der Waals surface area contributed by atoms with Gasteiger partial charge in [-0.1, -0.05) is 27.2 Å². The molecule has 5 heteroatoms. The molecule has 1 heterocycles. The van der Waals surface area contributed by atoms with E-state index in [1.165, 1.54) is 0 Å². The van der Waals surface area contributed by atoms with Crippen LogP contribution < -0.4 is 5.32 Å². The Morgan fingerprint density at radius 2 is 1.95 bits per heavy atom. The van der Waals surface area contributed by atoms with Crippen LogP contribution in [0.5, 0.6) is 0 Å². The maximum absolute atomic E-state index is 12.7. The lowest BCUT2D eigenvalue weighted by Crippen LogP contribution is -2.66. The van der Waals surface area contributed by atoms with Crippen molar-refractivity contribution in [2.75, 3.05) is 13.7 Å². The monoisotopic (exact) mass is 284 g/mol. The fourth-order valence-electron chi connectivity index (χ4n) is 2.48. The van der Waals surface area contributed by atoms with Crippen LogP contribution in [0, 0.1) is 5.92 Å². The summed E-state index contributed by atoms with van der Waals surface area (Å²) in [5.74, 6) is 0.0950. The van der Waals surface area contributed by atoms with Crippen LogP contribution in [0.2, 0.25) is 0 Å². The lowest BCUT2D eigenvalue weighted by Gasteiger charge is -2.43. The fraction of sp³-hybridized carbons (Fsp3) is 0.867. The average Bonchev–Trinajstić information content (AvgIpc) is 2.41. The van der Waals surface area contributed by atoms with Gasteiger partial charge in [0, 0.05) is 7.11 Å². The normalized spacial score (nSPS) is 25.6. The smallest absolute Gasteiger partial charge is 0.246 e. The molecule has 3 atom stereocenters. The first-order valence-electron chi connectivity index (χ1n) is 7.43. The minimum atomic E-state index is -0.458. The second-order valence-electron chi connectivity index (χ2n) is 6.23. The van der Waals surface area contributed by atoms with E-state index in [2.05, 4.69) is 5.32 Å². The van der Waals surface area contributed by atoms with E-state index in [-0.39, 0.29) is 17.7 Å². The van der Waals surface area contributed by atoms with Crippen LogP contribution in [-0.4, -0.2) is 48.1 Å². The minimum absolute atomic E-state index is 0.0101. The van der Waals surface area contributed by atoms with Gasteiger partial charge in [-0.2, -0.15) is 0 Å². The summed E-state index contributed by atoms with van der Waals surface area (Å²) in [5.41, 5.74) is -0.458. The predicted molar refractivity (Wildman–Crippen MR) is 78.3 cm³/mol. The zero-order chi connectivity index (χ0) is 15.5. The number of nitrogens with one attached hydrogen (secondary N) is 1. The van der Waals surface area contributed by atoms with E-state index in [0.29, 0.717) is 13.0 Å². The van der Waals surface area contributed by atoms with Gasteiger partial charge in [-0.3, -0.25) is 9.59 Å². The van der Waals surface area contributed by atoms with Crippen molar-refractivity contribution < 1.29 is 14.3 Å². The van der Waals surface area contributed by atoms with Crippen molar-refractivity contribution in [3.63, 3.8) is 0 Å². The molecule has 5 nitrogen and oxygen atoms in total. The lowest BCUT2D eigenvalue weighted by molar-refractivity contribution is -0.155. The first-order valence-corrected chi connectivity index (χ1v) is 7.43. The van der Waals surface area contributed by atoms with Gasteiger partial charge in [-0.15, -0.1) is 0 Å². The van der Waals surface area contributed by atoms with Gasteiger partial charge in [0.25, 0.3) is 0 Å². The Morgan fingerprint density at radius 1 is 1.35 bits per heavy atom. The highest BCUT2D eigenvalue weighted by Gasteiger charge is 2.43. The van der Waals surface area contributed by atoms with E-state index in [4.69, 9.17) is 4.74 Å². The maximum Gasteiger partial charge on any atom is 0.246 e. The Balaban J connectivity index is 3.00. The third-order valence-corrected chi connectivity index (χ3v) is 4.23. The molecule has 1 aliphatic rings. The Morgan fingerprint density at radius 3 is 2.40 bits per heavy atom. The van der Waals surface area contributed by atoms with Crippen molar-refractivity contribution in [2.24, 2.45) is 5.92 Å². The maximum atomic E-state index is 12.7. The van der Waals surface area contributed by atoms with Crippen molar-refractivity contribution in [1.29, 1.82) is 0 Å². The number of hydrogen-bond donors (Lipinski definition) is 1. The molecule has 0 aromatic carbocycles. The zero-order valence-electron chi connectivity index (χ0n) is 13.5. The molecular formula is C15H28N2O3. The first kappa shape index (κ1) is 17.0. The van der Waals surface area contributed by atoms with Gasteiger partial charge in [0.05, 0.1) is 12.1 Å². The second-order valence-corrected chi connectivity index (χ2v) is 6.23. The molecule has 0 aromatic heterocycles. The van der Waals surface area contributed by atoms with Crippen LogP contribution in [0.25, 0.3) is 0 Å². The highest BCUT2D eigenvalue weighted by atomic mass is 16.5. The van der Waals surface area contributed by atoms with E-state index in [1.54, 1.807) is 12.0 Å². The molecule has 0 saturated carbocycles. The molecule has 0 spiro atoms. The van der Waals surface area contributed by atoms with Gasteiger partial charge in [0.2, 0.25) is 11.8 Å². The number of ether oxygens (including phenoxy) is 1. The van der Waals surface area contributed by atoms with Gasteiger partial charge >= 0.3 is 0 Å². The number of carbonyl (C=O) groups is 2. The zero-order valence-corrected chi connectivity index (χ0v) is 13.5. The Kier molecular flexibility index (Phi) is 5.57. The first-order chi connectivity index (χ1) is 9.27. The fourth-order valence-corrected chi connectivity index (χ4v) is 2.48. The third-order valence-electron chi connectivity index (χ3n) is 4.23. The van der Waals surface area contributed by atoms with E-state index >= 15 is 0 Å². The van der Waals surface area contributed by atoms with Crippen molar-refractivity contribution in [3.05, 3.63) is 0 Å².